The van der Waals surface area contributed by atoms with Gasteiger partial charge in [0.05, 0.1) is 0 Å². The molecular weight excluding hydrogens is 304 g/mol. The molecule has 3 heterocycles. The van der Waals surface area contributed by atoms with Crippen LogP contribution >= 0.6 is 0 Å². The first-order valence-electron chi connectivity index (χ1n) is 9.11. The van der Waals surface area contributed by atoms with E-state index in [1.165, 1.54) is 12.8 Å². The minimum atomic E-state index is -0.0441. The lowest BCUT2D eigenvalue weighted by molar-refractivity contribution is 0.213. The zero-order chi connectivity index (χ0) is 16.8. The fourth-order valence-electron chi connectivity index (χ4n) is 3.34. The van der Waals surface area contributed by atoms with Crippen molar-refractivity contribution < 1.29 is 4.79 Å². The highest BCUT2D eigenvalue weighted by atomic mass is 16.2. The first-order chi connectivity index (χ1) is 11.8. The normalized spacial score (nSPS) is 19.9. The van der Waals surface area contributed by atoms with Gasteiger partial charge < -0.3 is 14.7 Å². The van der Waals surface area contributed by atoms with Crippen LogP contribution in [0.3, 0.4) is 0 Å². The molecule has 2 amide bonds. The van der Waals surface area contributed by atoms with Crippen LogP contribution in [0.25, 0.3) is 0 Å². The van der Waals surface area contributed by atoms with Crippen LogP contribution in [0.15, 0.2) is 12.4 Å². The molecule has 0 saturated carbocycles. The highest BCUT2D eigenvalue weighted by Crippen LogP contribution is 2.17. The van der Waals surface area contributed by atoms with Gasteiger partial charge in [-0.3, -0.25) is 5.32 Å². The number of nitrogens with zero attached hydrogens (tertiary/aromatic N) is 5. The summed E-state index contributed by atoms with van der Waals surface area (Å²) in [5.41, 5.74) is 0. The van der Waals surface area contributed by atoms with Crippen molar-refractivity contribution in [3.8, 4) is 0 Å². The second-order valence-corrected chi connectivity index (χ2v) is 6.51. The number of likely N-dealkylation sites (tertiary alicyclic amines) is 1. The summed E-state index contributed by atoms with van der Waals surface area (Å²) in [5.74, 6) is 1.49. The van der Waals surface area contributed by atoms with E-state index in [1.807, 2.05) is 11.0 Å². The van der Waals surface area contributed by atoms with E-state index in [2.05, 4.69) is 32.0 Å². The van der Waals surface area contributed by atoms with Crippen LogP contribution in [0.1, 0.15) is 32.6 Å². The Morgan fingerprint density at radius 2 is 1.75 bits per heavy atom. The van der Waals surface area contributed by atoms with E-state index in [4.69, 9.17) is 0 Å². The Morgan fingerprint density at radius 3 is 2.42 bits per heavy atom. The maximum atomic E-state index is 12.4. The van der Waals surface area contributed by atoms with Gasteiger partial charge >= 0.3 is 6.03 Å². The van der Waals surface area contributed by atoms with Gasteiger partial charge in [-0.2, -0.15) is 0 Å². The molecule has 132 valence electrons. The smallest absolute Gasteiger partial charge is 0.323 e. The molecule has 0 bridgehead atoms. The van der Waals surface area contributed by atoms with Crippen molar-refractivity contribution in [1.82, 2.24) is 19.8 Å². The number of urea groups is 1. The molecule has 0 radical (unpaired) electrons. The van der Waals surface area contributed by atoms with Crippen molar-refractivity contribution >= 4 is 17.7 Å². The van der Waals surface area contributed by atoms with Crippen molar-refractivity contribution in [2.24, 2.45) is 0 Å². The van der Waals surface area contributed by atoms with E-state index in [0.29, 0.717) is 5.82 Å². The Labute approximate surface area is 144 Å². The predicted molar refractivity (Wildman–Crippen MR) is 95.4 cm³/mol. The summed E-state index contributed by atoms with van der Waals surface area (Å²) < 4.78 is 0. The largest absolute Gasteiger partial charge is 0.354 e. The van der Waals surface area contributed by atoms with Gasteiger partial charge in [-0.25, -0.2) is 14.8 Å². The molecule has 24 heavy (non-hydrogen) atoms. The van der Waals surface area contributed by atoms with Gasteiger partial charge in [0.1, 0.15) is 18.0 Å². The van der Waals surface area contributed by atoms with Crippen LogP contribution in [0, 0.1) is 0 Å². The molecule has 0 aliphatic carbocycles. The molecule has 0 aromatic carbocycles. The molecule has 2 saturated heterocycles. The monoisotopic (exact) mass is 332 g/mol. The SMILES string of the molecule is CCN1CCN(c2cc(NC(=O)N3CCCCCC3)ncn2)CC1. The third-order valence-electron chi connectivity index (χ3n) is 4.92. The summed E-state index contributed by atoms with van der Waals surface area (Å²) in [5, 5.41) is 2.94. The van der Waals surface area contributed by atoms with E-state index in [9.17, 15) is 4.79 Å². The van der Waals surface area contributed by atoms with Crippen LogP contribution < -0.4 is 10.2 Å². The Kier molecular flexibility index (Phi) is 5.85. The Hall–Kier alpha value is -1.89. The molecule has 0 spiro atoms. The topological polar surface area (TPSA) is 64.6 Å². The molecule has 3 rings (SSSR count). The first kappa shape index (κ1) is 17.0. The quantitative estimate of drug-likeness (QED) is 0.917. The standard InChI is InChI=1S/C17H28N6O/c1-2-21-9-11-22(12-10-21)16-13-15(18-14-19-16)20-17(24)23-7-5-3-4-6-8-23/h13-14H,2-12H2,1H3,(H,18,19,20,24). The Morgan fingerprint density at radius 1 is 1.04 bits per heavy atom. The predicted octanol–water partition coefficient (Wildman–Crippen LogP) is 2.03. The maximum Gasteiger partial charge on any atom is 0.323 e. The fourth-order valence-corrected chi connectivity index (χ4v) is 3.34. The number of amides is 2. The van der Waals surface area contributed by atoms with Crippen molar-refractivity contribution in [3.05, 3.63) is 12.4 Å². The van der Waals surface area contributed by atoms with Gasteiger partial charge in [0.25, 0.3) is 0 Å². The van der Waals surface area contributed by atoms with Gasteiger partial charge in [0, 0.05) is 45.3 Å². The lowest BCUT2D eigenvalue weighted by Gasteiger charge is -2.34. The number of nitrogens with one attached hydrogen (secondary N) is 1. The summed E-state index contributed by atoms with van der Waals surface area (Å²) in [7, 11) is 0. The van der Waals surface area contributed by atoms with Crippen molar-refractivity contribution in [2.45, 2.75) is 32.6 Å². The van der Waals surface area contributed by atoms with E-state index < -0.39 is 0 Å². The summed E-state index contributed by atoms with van der Waals surface area (Å²) >= 11 is 0. The molecule has 0 unspecified atom stereocenters. The average Bonchev–Trinajstić information content (AvgIpc) is 2.91. The number of anilines is 2. The number of carbonyl (C=O) groups is 1. The molecule has 1 aromatic rings. The lowest BCUT2D eigenvalue weighted by Crippen LogP contribution is -2.46. The highest BCUT2D eigenvalue weighted by molar-refractivity contribution is 5.88. The zero-order valence-corrected chi connectivity index (χ0v) is 14.6. The molecule has 2 aliphatic rings. The number of aromatic nitrogens is 2. The third kappa shape index (κ3) is 4.35. The molecule has 1 aromatic heterocycles. The average molecular weight is 332 g/mol. The number of rotatable bonds is 3. The number of hydrogen-bond donors (Lipinski definition) is 1. The summed E-state index contributed by atoms with van der Waals surface area (Å²) in [6, 6.07) is 1.84. The summed E-state index contributed by atoms with van der Waals surface area (Å²) in [6.07, 6.45) is 6.14. The molecule has 0 atom stereocenters. The summed E-state index contributed by atoms with van der Waals surface area (Å²) in [4.78, 5) is 27.6. The Bertz CT molecular complexity index is 536. The van der Waals surface area contributed by atoms with Gasteiger partial charge in [-0.15, -0.1) is 0 Å². The molecule has 7 nitrogen and oxygen atoms in total. The van der Waals surface area contributed by atoms with Crippen LogP contribution in [0.4, 0.5) is 16.4 Å². The first-order valence-corrected chi connectivity index (χ1v) is 9.11. The fraction of sp³-hybridized carbons (Fsp3) is 0.706. The molecule has 2 aliphatic heterocycles. The number of carbonyl (C=O) groups excluding carboxylic acids is 1. The van der Waals surface area contributed by atoms with E-state index in [0.717, 1.165) is 64.5 Å². The Balaban J connectivity index is 1.59. The number of piperazine rings is 1. The van der Waals surface area contributed by atoms with Crippen molar-refractivity contribution in [1.29, 1.82) is 0 Å². The second-order valence-electron chi connectivity index (χ2n) is 6.51. The highest BCUT2D eigenvalue weighted by Gasteiger charge is 2.19. The van der Waals surface area contributed by atoms with Gasteiger partial charge in [-0.05, 0) is 19.4 Å². The van der Waals surface area contributed by atoms with Crippen LogP contribution in [0.5, 0.6) is 0 Å². The number of likely N-dealkylation sites (N-methyl/N-ethyl adjacent to an activating group) is 1. The minimum Gasteiger partial charge on any atom is -0.354 e. The number of hydrogen-bond acceptors (Lipinski definition) is 5. The molecule has 1 N–H and O–H groups in total. The molecule has 2 fully saturated rings. The van der Waals surface area contributed by atoms with Gasteiger partial charge in [0.15, 0.2) is 0 Å². The molecule has 7 heteroatoms. The third-order valence-corrected chi connectivity index (χ3v) is 4.92. The summed E-state index contributed by atoms with van der Waals surface area (Å²) in [6.45, 7) is 8.98. The van der Waals surface area contributed by atoms with Crippen LogP contribution in [0.2, 0.25) is 0 Å². The van der Waals surface area contributed by atoms with Gasteiger partial charge in [0.2, 0.25) is 0 Å². The van der Waals surface area contributed by atoms with E-state index in [-0.39, 0.29) is 6.03 Å². The lowest BCUT2D eigenvalue weighted by atomic mass is 10.2. The van der Waals surface area contributed by atoms with Gasteiger partial charge in [-0.1, -0.05) is 19.8 Å². The van der Waals surface area contributed by atoms with E-state index >= 15 is 0 Å². The van der Waals surface area contributed by atoms with E-state index in [1.54, 1.807) is 6.33 Å². The minimum absolute atomic E-state index is 0.0441. The van der Waals surface area contributed by atoms with Crippen LogP contribution in [-0.4, -0.2) is 71.6 Å². The second kappa shape index (κ2) is 8.28. The zero-order valence-electron chi connectivity index (χ0n) is 14.6. The van der Waals surface area contributed by atoms with Crippen molar-refractivity contribution in [2.75, 3.05) is 56.0 Å². The van der Waals surface area contributed by atoms with Crippen molar-refractivity contribution in [3.63, 3.8) is 0 Å². The molecular formula is C17H28N6O. The maximum absolute atomic E-state index is 12.4. The van der Waals surface area contributed by atoms with Crippen LogP contribution in [-0.2, 0) is 0 Å².